The average Bonchev–Trinajstić information content (AvgIpc) is 2.74. The molecule has 3 rings (SSSR count). The summed E-state index contributed by atoms with van der Waals surface area (Å²) in [4.78, 5) is 38.5. The molecule has 1 aliphatic heterocycles. The van der Waals surface area contributed by atoms with Crippen LogP contribution in [0.25, 0.3) is 0 Å². The normalized spacial score (nSPS) is 15.0. The topological polar surface area (TPSA) is 78.5 Å². The van der Waals surface area contributed by atoms with Crippen LogP contribution in [0.15, 0.2) is 42.5 Å². The molecule has 2 aromatic rings. The Morgan fingerprint density at radius 1 is 1.03 bits per heavy atom. The highest BCUT2D eigenvalue weighted by atomic mass is 19.2. The largest absolute Gasteiger partial charge is 0.357 e. The van der Waals surface area contributed by atoms with Gasteiger partial charge in [0.05, 0.1) is 0 Å². The number of carbonyl (C=O) groups excluding carboxylic acids is 3. The minimum absolute atomic E-state index is 0.0477. The van der Waals surface area contributed by atoms with Gasteiger partial charge in [0.15, 0.2) is 11.6 Å². The fraction of sp³-hybridized carbons (Fsp3) is 0.286. The Kier molecular flexibility index (Phi) is 6.21. The van der Waals surface area contributed by atoms with Crippen LogP contribution in [-0.2, 0) is 9.59 Å². The Morgan fingerprint density at radius 3 is 2.38 bits per heavy atom. The molecule has 0 bridgehead atoms. The van der Waals surface area contributed by atoms with Crippen molar-refractivity contribution in [2.45, 2.75) is 25.3 Å². The van der Waals surface area contributed by atoms with E-state index in [1.165, 1.54) is 13.1 Å². The van der Waals surface area contributed by atoms with E-state index in [1.807, 2.05) is 0 Å². The first kappa shape index (κ1) is 20.4. The average molecular weight is 401 g/mol. The molecule has 1 aliphatic rings. The van der Waals surface area contributed by atoms with Crippen LogP contribution < -0.4 is 15.5 Å². The lowest BCUT2D eigenvalue weighted by molar-refractivity contribution is -0.122. The van der Waals surface area contributed by atoms with Gasteiger partial charge in [-0.05, 0) is 54.8 Å². The standard InChI is InChI=1S/C21H21F2N3O3/c1-24-21(29)19(14-7-10-16(22)17(23)12-14)25-20(28)13-5-8-15(9-6-13)26-11-3-2-4-18(26)27/h5-10,12,19H,2-4,11H2,1H3,(H,24,29)(H,25,28). The van der Waals surface area contributed by atoms with Crippen molar-refractivity contribution >= 4 is 23.4 Å². The number of hydrogen-bond acceptors (Lipinski definition) is 3. The lowest BCUT2D eigenvalue weighted by Crippen LogP contribution is -2.39. The molecular formula is C21H21F2N3O3. The fourth-order valence-electron chi connectivity index (χ4n) is 3.22. The molecule has 0 saturated carbocycles. The number of rotatable bonds is 5. The highest BCUT2D eigenvalue weighted by Crippen LogP contribution is 2.22. The van der Waals surface area contributed by atoms with Crippen LogP contribution in [0.3, 0.4) is 0 Å². The number of piperidine rings is 1. The highest BCUT2D eigenvalue weighted by Gasteiger charge is 2.24. The zero-order valence-electron chi connectivity index (χ0n) is 15.9. The van der Waals surface area contributed by atoms with Gasteiger partial charge in [0.25, 0.3) is 5.91 Å². The zero-order valence-corrected chi connectivity index (χ0v) is 15.9. The molecular weight excluding hydrogens is 380 g/mol. The van der Waals surface area contributed by atoms with Crippen molar-refractivity contribution in [2.24, 2.45) is 0 Å². The van der Waals surface area contributed by atoms with E-state index in [4.69, 9.17) is 0 Å². The molecule has 152 valence electrons. The minimum atomic E-state index is -1.19. The van der Waals surface area contributed by atoms with Crippen LogP contribution in [0.1, 0.15) is 41.2 Å². The van der Waals surface area contributed by atoms with Gasteiger partial charge in [0.1, 0.15) is 6.04 Å². The third-order valence-corrected chi connectivity index (χ3v) is 4.83. The predicted molar refractivity (Wildman–Crippen MR) is 103 cm³/mol. The second-order valence-corrected chi connectivity index (χ2v) is 6.74. The van der Waals surface area contributed by atoms with Gasteiger partial charge >= 0.3 is 0 Å². The van der Waals surface area contributed by atoms with Gasteiger partial charge in [-0.15, -0.1) is 0 Å². The third kappa shape index (κ3) is 4.59. The maximum absolute atomic E-state index is 13.6. The number of nitrogens with one attached hydrogen (secondary N) is 2. The molecule has 1 atom stereocenters. The fourth-order valence-corrected chi connectivity index (χ4v) is 3.22. The first-order chi connectivity index (χ1) is 13.9. The van der Waals surface area contributed by atoms with Crippen molar-refractivity contribution in [3.05, 3.63) is 65.2 Å². The summed E-state index contributed by atoms with van der Waals surface area (Å²) in [6, 6.07) is 8.28. The van der Waals surface area contributed by atoms with Gasteiger partial charge in [-0.3, -0.25) is 14.4 Å². The van der Waals surface area contributed by atoms with Crippen molar-refractivity contribution in [3.63, 3.8) is 0 Å². The molecule has 1 fully saturated rings. The SMILES string of the molecule is CNC(=O)C(NC(=O)c1ccc(N2CCCCC2=O)cc1)c1ccc(F)c(F)c1. The molecule has 0 aromatic heterocycles. The molecule has 3 amide bonds. The van der Waals surface area contributed by atoms with Crippen molar-refractivity contribution in [1.29, 1.82) is 0 Å². The van der Waals surface area contributed by atoms with Crippen molar-refractivity contribution in [2.75, 3.05) is 18.5 Å². The first-order valence-corrected chi connectivity index (χ1v) is 9.28. The molecule has 0 aliphatic carbocycles. The third-order valence-electron chi connectivity index (χ3n) is 4.83. The number of amides is 3. The molecule has 1 unspecified atom stereocenters. The summed E-state index contributed by atoms with van der Waals surface area (Å²) in [5.74, 6) is -3.23. The van der Waals surface area contributed by atoms with Gasteiger partial charge < -0.3 is 15.5 Å². The van der Waals surface area contributed by atoms with Gasteiger partial charge in [-0.2, -0.15) is 0 Å². The van der Waals surface area contributed by atoms with Crippen LogP contribution >= 0.6 is 0 Å². The summed E-state index contributed by atoms with van der Waals surface area (Å²) in [5, 5.41) is 4.93. The quantitative estimate of drug-likeness (QED) is 0.809. The summed E-state index contributed by atoms with van der Waals surface area (Å²) in [6.45, 7) is 0.638. The molecule has 1 saturated heterocycles. The summed E-state index contributed by atoms with van der Waals surface area (Å²) < 4.78 is 26.8. The van der Waals surface area contributed by atoms with Crippen LogP contribution in [0.5, 0.6) is 0 Å². The molecule has 0 radical (unpaired) electrons. The van der Waals surface area contributed by atoms with Gasteiger partial charge in [0.2, 0.25) is 11.8 Å². The number of carbonyl (C=O) groups is 3. The van der Waals surface area contributed by atoms with E-state index in [0.29, 0.717) is 18.7 Å². The highest BCUT2D eigenvalue weighted by molar-refractivity contribution is 5.99. The van der Waals surface area contributed by atoms with Crippen LogP contribution in [-0.4, -0.2) is 31.3 Å². The summed E-state index contributed by atoms with van der Waals surface area (Å²) in [7, 11) is 1.38. The Labute approximate surface area is 166 Å². The zero-order chi connectivity index (χ0) is 21.0. The molecule has 29 heavy (non-hydrogen) atoms. The van der Waals surface area contributed by atoms with E-state index < -0.39 is 29.5 Å². The van der Waals surface area contributed by atoms with Gasteiger partial charge in [0, 0.05) is 31.3 Å². The molecule has 0 spiro atoms. The molecule has 8 heteroatoms. The number of benzene rings is 2. The van der Waals surface area contributed by atoms with E-state index in [1.54, 1.807) is 29.2 Å². The van der Waals surface area contributed by atoms with Crippen LogP contribution in [0.2, 0.25) is 0 Å². The Morgan fingerprint density at radius 2 is 1.76 bits per heavy atom. The second kappa shape index (κ2) is 8.81. The lowest BCUT2D eigenvalue weighted by Gasteiger charge is -2.26. The number of halogens is 2. The Bertz CT molecular complexity index is 931. The number of hydrogen-bond donors (Lipinski definition) is 2. The summed E-state index contributed by atoms with van der Waals surface area (Å²) >= 11 is 0. The maximum atomic E-state index is 13.6. The first-order valence-electron chi connectivity index (χ1n) is 9.28. The second-order valence-electron chi connectivity index (χ2n) is 6.74. The molecule has 1 heterocycles. The van der Waals surface area contributed by atoms with Crippen molar-refractivity contribution in [1.82, 2.24) is 10.6 Å². The van der Waals surface area contributed by atoms with E-state index in [0.717, 1.165) is 25.0 Å². The number of likely N-dealkylation sites (N-methyl/N-ethyl adjacent to an activating group) is 1. The number of nitrogens with zero attached hydrogens (tertiary/aromatic N) is 1. The Hall–Kier alpha value is -3.29. The van der Waals surface area contributed by atoms with E-state index in [9.17, 15) is 23.2 Å². The van der Waals surface area contributed by atoms with Gasteiger partial charge in [-0.25, -0.2) is 8.78 Å². The maximum Gasteiger partial charge on any atom is 0.252 e. The monoisotopic (exact) mass is 401 g/mol. The summed E-state index contributed by atoms with van der Waals surface area (Å²) in [6.07, 6.45) is 2.31. The van der Waals surface area contributed by atoms with Crippen molar-refractivity contribution in [3.8, 4) is 0 Å². The molecule has 2 aromatic carbocycles. The van der Waals surface area contributed by atoms with Crippen molar-refractivity contribution < 1.29 is 23.2 Å². The van der Waals surface area contributed by atoms with Crippen LogP contribution in [0.4, 0.5) is 14.5 Å². The number of anilines is 1. The smallest absolute Gasteiger partial charge is 0.252 e. The van der Waals surface area contributed by atoms with E-state index in [2.05, 4.69) is 10.6 Å². The molecule has 6 nitrogen and oxygen atoms in total. The van der Waals surface area contributed by atoms with E-state index in [-0.39, 0.29) is 17.0 Å². The van der Waals surface area contributed by atoms with Crippen LogP contribution in [0, 0.1) is 11.6 Å². The Balaban J connectivity index is 1.78. The predicted octanol–water partition coefficient (Wildman–Crippen LogP) is 2.70. The minimum Gasteiger partial charge on any atom is -0.357 e. The summed E-state index contributed by atoms with van der Waals surface area (Å²) in [5.41, 5.74) is 1.09. The lowest BCUT2D eigenvalue weighted by atomic mass is 10.0. The van der Waals surface area contributed by atoms with Gasteiger partial charge in [-0.1, -0.05) is 6.07 Å². The molecule has 2 N–H and O–H groups in total. The van der Waals surface area contributed by atoms with E-state index >= 15 is 0 Å².